The average molecular weight is 456 g/mol. The molecule has 158 valence electrons. The molecule has 31 heavy (non-hydrogen) atoms. The minimum absolute atomic E-state index is 0.0148. The lowest BCUT2D eigenvalue weighted by Crippen LogP contribution is -2.26. The highest BCUT2D eigenvalue weighted by Gasteiger charge is 2.31. The summed E-state index contributed by atoms with van der Waals surface area (Å²) in [5, 5.41) is 4.80. The third kappa shape index (κ3) is 4.83. The van der Waals surface area contributed by atoms with E-state index in [1.54, 1.807) is 12.1 Å². The average Bonchev–Trinajstić information content (AvgIpc) is 3.30. The van der Waals surface area contributed by atoms with Crippen molar-refractivity contribution >= 4 is 40.2 Å². The van der Waals surface area contributed by atoms with Gasteiger partial charge in [-0.05, 0) is 25.0 Å². The van der Waals surface area contributed by atoms with Crippen LogP contribution < -0.4 is 10.6 Å². The van der Waals surface area contributed by atoms with Gasteiger partial charge in [-0.3, -0.25) is 19.7 Å². The quantitative estimate of drug-likeness (QED) is 0.585. The second-order valence-corrected chi connectivity index (χ2v) is 9.36. The van der Waals surface area contributed by atoms with Crippen LogP contribution >= 0.6 is 23.1 Å². The second kappa shape index (κ2) is 8.99. The summed E-state index contributed by atoms with van der Waals surface area (Å²) < 4.78 is 14.3. The van der Waals surface area contributed by atoms with E-state index in [9.17, 15) is 18.8 Å². The monoisotopic (exact) mass is 455 g/mol. The van der Waals surface area contributed by atoms with Crippen LogP contribution in [0.2, 0.25) is 0 Å². The van der Waals surface area contributed by atoms with E-state index in [0.717, 1.165) is 27.2 Å². The summed E-state index contributed by atoms with van der Waals surface area (Å²) in [5.74, 6) is -1.18. The first-order valence-electron chi connectivity index (χ1n) is 9.50. The van der Waals surface area contributed by atoms with Crippen LogP contribution in [0.15, 0.2) is 48.5 Å². The van der Waals surface area contributed by atoms with Gasteiger partial charge in [-0.2, -0.15) is 0 Å². The van der Waals surface area contributed by atoms with Gasteiger partial charge in [0.05, 0.1) is 5.25 Å². The van der Waals surface area contributed by atoms with Gasteiger partial charge >= 0.3 is 0 Å². The molecule has 0 aliphatic carbocycles. The van der Waals surface area contributed by atoms with Crippen LogP contribution in [0.5, 0.6) is 0 Å². The Morgan fingerprint density at radius 1 is 1.19 bits per heavy atom. The maximum absolute atomic E-state index is 14.3. The number of hydrogen-bond donors (Lipinski definition) is 2. The summed E-state index contributed by atoms with van der Waals surface area (Å²) in [6.07, 6.45) is 0.301. The van der Waals surface area contributed by atoms with Crippen LogP contribution in [0.4, 0.5) is 9.18 Å². The number of carbonyl (C=O) groups excluding carboxylic acids is 3. The maximum atomic E-state index is 14.3. The van der Waals surface area contributed by atoms with Gasteiger partial charge < -0.3 is 5.32 Å². The van der Waals surface area contributed by atoms with Crippen LogP contribution in [0, 0.1) is 12.7 Å². The molecular weight excluding hydrogens is 437 g/mol. The van der Waals surface area contributed by atoms with Crippen molar-refractivity contribution in [1.29, 1.82) is 0 Å². The van der Waals surface area contributed by atoms with Crippen LogP contribution in [0.1, 0.15) is 26.5 Å². The number of halogens is 1. The van der Waals surface area contributed by atoms with Crippen molar-refractivity contribution in [3.63, 3.8) is 0 Å². The molecular formula is C22H18FN3O3S2. The molecule has 1 aromatic heterocycles. The van der Waals surface area contributed by atoms with Gasteiger partial charge in [0.25, 0.3) is 11.1 Å². The summed E-state index contributed by atoms with van der Waals surface area (Å²) in [4.78, 5) is 41.0. The summed E-state index contributed by atoms with van der Waals surface area (Å²) in [6, 6.07) is 14.1. The van der Waals surface area contributed by atoms with Crippen LogP contribution in [-0.2, 0) is 17.8 Å². The van der Waals surface area contributed by atoms with Crippen molar-refractivity contribution < 1.29 is 18.8 Å². The van der Waals surface area contributed by atoms with E-state index < -0.39 is 11.1 Å². The number of aryl methyl sites for hydroxylation is 1. The van der Waals surface area contributed by atoms with Gasteiger partial charge in [0.1, 0.15) is 16.5 Å². The molecule has 1 saturated heterocycles. The molecule has 0 radical (unpaired) electrons. The highest BCUT2D eigenvalue weighted by Crippen LogP contribution is 2.27. The van der Waals surface area contributed by atoms with E-state index in [1.165, 1.54) is 17.4 Å². The number of hydrogen-bond acceptors (Lipinski definition) is 6. The Morgan fingerprint density at radius 3 is 2.68 bits per heavy atom. The highest BCUT2D eigenvalue weighted by molar-refractivity contribution is 8.15. The van der Waals surface area contributed by atoms with Crippen LogP contribution in [0.3, 0.4) is 0 Å². The first kappa shape index (κ1) is 21.2. The molecule has 0 bridgehead atoms. The van der Waals surface area contributed by atoms with Gasteiger partial charge in [0.2, 0.25) is 5.91 Å². The van der Waals surface area contributed by atoms with E-state index in [4.69, 9.17) is 0 Å². The Balaban J connectivity index is 1.44. The predicted molar refractivity (Wildman–Crippen MR) is 118 cm³/mol. The van der Waals surface area contributed by atoms with E-state index in [0.29, 0.717) is 23.2 Å². The predicted octanol–water partition coefficient (Wildman–Crippen LogP) is 4.08. The van der Waals surface area contributed by atoms with E-state index in [2.05, 4.69) is 15.6 Å². The third-order valence-corrected chi connectivity index (χ3v) is 6.77. The van der Waals surface area contributed by atoms with Gasteiger partial charge in [0, 0.05) is 22.5 Å². The number of imide groups is 1. The maximum Gasteiger partial charge on any atom is 0.286 e. The summed E-state index contributed by atoms with van der Waals surface area (Å²) in [5.41, 5.74) is 2.26. The summed E-state index contributed by atoms with van der Waals surface area (Å²) >= 11 is 2.35. The second-order valence-electron chi connectivity index (χ2n) is 6.99. The lowest BCUT2D eigenvalue weighted by Gasteiger charge is -2.10. The first-order valence-corrected chi connectivity index (χ1v) is 11.2. The molecule has 2 N–H and O–H groups in total. The molecule has 1 aliphatic heterocycles. The topological polar surface area (TPSA) is 88.2 Å². The fraction of sp³-hybridized carbons (Fsp3) is 0.182. The molecule has 1 unspecified atom stereocenters. The SMILES string of the molecule is Cc1sc(-c2ccccc2)nc1C(=O)NCc1cc(CC2SC(=O)NC2=O)ccc1F. The van der Waals surface area contributed by atoms with Crippen LogP contribution in [0.25, 0.3) is 10.6 Å². The first-order chi connectivity index (χ1) is 14.9. The van der Waals surface area contributed by atoms with Gasteiger partial charge in [0.15, 0.2) is 0 Å². The number of thiazole rings is 1. The van der Waals surface area contributed by atoms with E-state index in [-0.39, 0.29) is 23.6 Å². The van der Waals surface area contributed by atoms with Crippen molar-refractivity contribution in [2.75, 3.05) is 0 Å². The number of aromatic nitrogens is 1. The van der Waals surface area contributed by atoms with Crippen molar-refractivity contribution in [3.8, 4) is 10.6 Å². The third-order valence-electron chi connectivity index (χ3n) is 4.77. The fourth-order valence-corrected chi connectivity index (χ4v) is 4.98. The van der Waals surface area contributed by atoms with Gasteiger partial charge in [-0.25, -0.2) is 9.37 Å². The molecule has 1 atom stereocenters. The molecule has 4 rings (SSSR count). The molecule has 3 amide bonds. The van der Waals surface area contributed by atoms with Gasteiger partial charge in [-0.1, -0.05) is 54.2 Å². The number of carbonyl (C=O) groups is 3. The number of nitrogens with one attached hydrogen (secondary N) is 2. The molecule has 2 aromatic carbocycles. The normalized spacial score (nSPS) is 15.7. The van der Waals surface area contributed by atoms with Crippen molar-refractivity contribution in [2.24, 2.45) is 0 Å². The molecule has 0 saturated carbocycles. The molecule has 0 spiro atoms. The highest BCUT2D eigenvalue weighted by atomic mass is 32.2. The largest absolute Gasteiger partial charge is 0.346 e. The van der Waals surface area contributed by atoms with E-state index in [1.807, 2.05) is 37.3 Å². The number of amides is 3. The fourth-order valence-electron chi connectivity index (χ4n) is 3.20. The molecule has 9 heteroatoms. The minimum atomic E-state index is -0.533. The van der Waals surface area contributed by atoms with E-state index >= 15 is 0 Å². The Kier molecular flexibility index (Phi) is 6.15. The molecule has 1 fully saturated rings. The van der Waals surface area contributed by atoms with Crippen molar-refractivity contribution in [3.05, 3.63) is 76.0 Å². The standard InChI is InChI=1S/C22H18FN3O3S2/c1-12-18(25-21(30-12)14-5-3-2-4-6-14)20(28)24-11-15-9-13(7-8-16(15)23)10-17-19(27)26-22(29)31-17/h2-9,17H,10-11H2,1H3,(H,24,28)(H,26,27,29). The zero-order chi connectivity index (χ0) is 22.0. The van der Waals surface area contributed by atoms with Crippen molar-refractivity contribution in [2.45, 2.75) is 25.1 Å². The smallest absolute Gasteiger partial charge is 0.286 e. The Hall–Kier alpha value is -3.04. The zero-order valence-electron chi connectivity index (χ0n) is 16.5. The minimum Gasteiger partial charge on any atom is -0.346 e. The molecule has 1 aliphatic rings. The summed E-state index contributed by atoms with van der Waals surface area (Å²) in [6.45, 7) is 1.81. The number of benzene rings is 2. The molecule has 6 nitrogen and oxygen atoms in total. The Labute approximate surface area is 186 Å². The number of rotatable bonds is 6. The summed E-state index contributed by atoms with van der Waals surface area (Å²) in [7, 11) is 0. The lowest BCUT2D eigenvalue weighted by molar-refractivity contribution is -0.118. The number of nitrogens with zero attached hydrogens (tertiary/aromatic N) is 1. The zero-order valence-corrected chi connectivity index (χ0v) is 18.1. The Bertz CT molecular complexity index is 1160. The van der Waals surface area contributed by atoms with Gasteiger partial charge in [-0.15, -0.1) is 11.3 Å². The Morgan fingerprint density at radius 2 is 1.97 bits per heavy atom. The molecule has 2 heterocycles. The molecule has 3 aromatic rings. The van der Waals surface area contributed by atoms with Crippen molar-refractivity contribution in [1.82, 2.24) is 15.6 Å². The lowest BCUT2D eigenvalue weighted by atomic mass is 10.1. The van der Waals surface area contributed by atoms with Crippen LogP contribution in [-0.4, -0.2) is 27.3 Å². The number of thioether (sulfide) groups is 1.